The van der Waals surface area contributed by atoms with Gasteiger partial charge < -0.3 is 4.52 Å². The quantitative estimate of drug-likeness (QED) is 0.703. The Hall–Kier alpha value is -1.41. The molecule has 1 aromatic heterocycles. The Morgan fingerprint density at radius 1 is 1.83 bits per heavy atom. The summed E-state index contributed by atoms with van der Waals surface area (Å²) in [5, 5.41) is 15.2. The summed E-state index contributed by atoms with van der Waals surface area (Å²) in [6.07, 6.45) is 2.04. The lowest BCUT2D eigenvalue weighted by Crippen LogP contribution is -2.26. The third-order valence-corrected chi connectivity index (χ3v) is 1.48. The van der Waals surface area contributed by atoms with Crippen molar-refractivity contribution in [3.8, 4) is 6.07 Å². The van der Waals surface area contributed by atoms with Gasteiger partial charge in [0.2, 0.25) is 6.39 Å². The van der Waals surface area contributed by atoms with E-state index in [1.807, 2.05) is 6.92 Å². The molecule has 0 radical (unpaired) electrons. The first kappa shape index (κ1) is 8.68. The van der Waals surface area contributed by atoms with Crippen LogP contribution in [0.5, 0.6) is 0 Å². The average molecular weight is 166 g/mol. The van der Waals surface area contributed by atoms with Crippen molar-refractivity contribution in [3.05, 3.63) is 12.2 Å². The normalized spacial score (nSPS) is 12.3. The van der Waals surface area contributed by atoms with Crippen molar-refractivity contribution in [1.29, 1.82) is 5.26 Å². The predicted octanol–water partition coefficient (Wildman–Crippen LogP) is 0.461. The van der Waals surface area contributed by atoms with Gasteiger partial charge in [-0.1, -0.05) is 12.1 Å². The lowest BCUT2D eigenvalue weighted by molar-refractivity contribution is 0.405. The monoisotopic (exact) mass is 166 g/mol. The van der Waals surface area contributed by atoms with Crippen LogP contribution in [0.15, 0.2) is 10.9 Å². The molecule has 1 aromatic rings. The molecule has 12 heavy (non-hydrogen) atoms. The zero-order chi connectivity index (χ0) is 8.81. The minimum atomic E-state index is -0.136. The van der Waals surface area contributed by atoms with Crippen LogP contribution in [0.4, 0.5) is 0 Å². The maximum Gasteiger partial charge on any atom is 0.213 e. The van der Waals surface area contributed by atoms with Crippen LogP contribution in [0.25, 0.3) is 0 Å². The van der Waals surface area contributed by atoms with Gasteiger partial charge in [-0.25, -0.2) is 0 Å². The summed E-state index contributed by atoms with van der Waals surface area (Å²) in [4.78, 5) is 3.81. The van der Waals surface area contributed by atoms with Crippen LogP contribution >= 0.6 is 0 Å². The van der Waals surface area contributed by atoms with Crippen LogP contribution in [0.1, 0.15) is 19.2 Å². The molecule has 1 rings (SSSR count). The molecule has 5 heteroatoms. The first-order valence-electron chi connectivity index (χ1n) is 3.75. The van der Waals surface area contributed by atoms with E-state index in [1.165, 1.54) is 6.39 Å². The van der Waals surface area contributed by atoms with Crippen molar-refractivity contribution in [2.75, 3.05) is 0 Å². The molecular weight excluding hydrogens is 156 g/mol. The van der Waals surface area contributed by atoms with Gasteiger partial charge in [0.15, 0.2) is 5.82 Å². The summed E-state index contributed by atoms with van der Waals surface area (Å²) in [6, 6.07) is 1.98. The van der Waals surface area contributed by atoms with Gasteiger partial charge in [-0.2, -0.15) is 10.2 Å². The molecule has 1 N–H and O–H groups in total. The largest absolute Gasteiger partial charge is 0.343 e. The molecular formula is C7H10N4O. The van der Waals surface area contributed by atoms with Crippen LogP contribution in [0.3, 0.4) is 0 Å². The number of rotatable bonds is 4. The molecule has 0 amide bonds. The number of nitrogens with zero attached hydrogens (tertiary/aromatic N) is 3. The van der Waals surface area contributed by atoms with Gasteiger partial charge in [0.1, 0.15) is 0 Å². The maximum absolute atomic E-state index is 8.58. The summed E-state index contributed by atoms with van der Waals surface area (Å²) >= 11 is 0. The summed E-state index contributed by atoms with van der Waals surface area (Å²) < 4.78 is 4.53. The minimum Gasteiger partial charge on any atom is -0.343 e. The van der Waals surface area contributed by atoms with E-state index in [0.29, 0.717) is 12.4 Å². The summed E-state index contributed by atoms with van der Waals surface area (Å²) in [5.41, 5.74) is 0. The zero-order valence-electron chi connectivity index (χ0n) is 6.82. The average Bonchev–Trinajstić information content (AvgIpc) is 2.59. The van der Waals surface area contributed by atoms with E-state index in [9.17, 15) is 0 Å². The fourth-order valence-electron chi connectivity index (χ4n) is 0.766. The van der Waals surface area contributed by atoms with Gasteiger partial charge in [-0.3, -0.25) is 5.32 Å². The zero-order valence-corrected chi connectivity index (χ0v) is 6.82. The highest BCUT2D eigenvalue weighted by Gasteiger charge is 2.04. The fourth-order valence-corrected chi connectivity index (χ4v) is 0.766. The van der Waals surface area contributed by atoms with Gasteiger partial charge in [0.25, 0.3) is 0 Å². The molecule has 0 aromatic carbocycles. The number of hydrogen-bond acceptors (Lipinski definition) is 5. The first-order chi connectivity index (χ1) is 5.86. The Labute approximate surface area is 70.4 Å². The lowest BCUT2D eigenvalue weighted by Gasteiger charge is -2.04. The lowest BCUT2D eigenvalue weighted by atomic mass is 10.2. The Kier molecular flexibility index (Phi) is 3.23. The van der Waals surface area contributed by atoms with E-state index in [-0.39, 0.29) is 6.04 Å². The Morgan fingerprint density at radius 2 is 2.67 bits per heavy atom. The molecule has 1 heterocycles. The number of nitriles is 1. The highest BCUT2D eigenvalue weighted by molar-refractivity contribution is 4.90. The van der Waals surface area contributed by atoms with Gasteiger partial charge in [-0.05, 0) is 6.42 Å². The molecule has 5 nitrogen and oxygen atoms in total. The van der Waals surface area contributed by atoms with E-state index in [1.54, 1.807) is 0 Å². The van der Waals surface area contributed by atoms with Gasteiger partial charge in [0, 0.05) is 0 Å². The van der Waals surface area contributed by atoms with Crippen LogP contribution in [0.2, 0.25) is 0 Å². The highest BCUT2D eigenvalue weighted by Crippen LogP contribution is 1.92. The first-order valence-corrected chi connectivity index (χ1v) is 3.75. The number of hydrogen-bond donors (Lipinski definition) is 1. The minimum absolute atomic E-state index is 0.136. The SMILES string of the molecule is CCC(C#N)NCc1ncon1. The Morgan fingerprint density at radius 3 is 3.17 bits per heavy atom. The second-order valence-electron chi connectivity index (χ2n) is 2.32. The molecule has 1 unspecified atom stereocenters. The summed E-state index contributed by atoms with van der Waals surface area (Å²) in [7, 11) is 0. The number of nitrogens with one attached hydrogen (secondary N) is 1. The van der Waals surface area contributed by atoms with Gasteiger partial charge in [-0.15, -0.1) is 0 Å². The second-order valence-corrected chi connectivity index (χ2v) is 2.32. The molecule has 0 fully saturated rings. The van der Waals surface area contributed by atoms with Crippen LogP contribution < -0.4 is 5.32 Å². The third-order valence-electron chi connectivity index (χ3n) is 1.48. The van der Waals surface area contributed by atoms with Gasteiger partial charge >= 0.3 is 0 Å². The molecule has 64 valence electrons. The smallest absolute Gasteiger partial charge is 0.213 e. The summed E-state index contributed by atoms with van der Waals surface area (Å²) in [5.74, 6) is 0.573. The van der Waals surface area contributed by atoms with Crippen molar-refractivity contribution in [3.63, 3.8) is 0 Å². The van der Waals surface area contributed by atoms with E-state index in [2.05, 4.69) is 26.0 Å². The van der Waals surface area contributed by atoms with Crippen LogP contribution in [0, 0.1) is 11.3 Å². The molecule has 1 atom stereocenters. The van der Waals surface area contributed by atoms with E-state index >= 15 is 0 Å². The fraction of sp³-hybridized carbons (Fsp3) is 0.571. The van der Waals surface area contributed by atoms with Crippen LogP contribution in [-0.4, -0.2) is 16.2 Å². The Balaban J connectivity index is 2.31. The molecule has 0 aliphatic heterocycles. The Bertz CT molecular complexity index is 251. The highest BCUT2D eigenvalue weighted by atomic mass is 16.5. The van der Waals surface area contributed by atoms with E-state index in [4.69, 9.17) is 5.26 Å². The standard InChI is InChI=1S/C7H10N4O/c1-2-6(3-8)9-4-7-10-5-12-11-7/h5-6,9H,2,4H2,1H3. The molecule has 0 spiro atoms. The molecule has 0 bridgehead atoms. The third kappa shape index (κ3) is 2.32. The molecule has 0 aliphatic rings. The second kappa shape index (κ2) is 4.46. The molecule has 0 aliphatic carbocycles. The van der Waals surface area contributed by atoms with Crippen LogP contribution in [-0.2, 0) is 6.54 Å². The summed E-state index contributed by atoms with van der Waals surface area (Å²) in [6.45, 7) is 2.42. The van der Waals surface area contributed by atoms with Crippen molar-refractivity contribution in [2.45, 2.75) is 25.9 Å². The van der Waals surface area contributed by atoms with E-state index in [0.717, 1.165) is 6.42 Å². The van der Waals surface area contributed by atoms with Crippen molar-refractivity contribution < 1.29 is 4.52 Å². The number of aromatic nitrogens is 2. The van der Waals surface area contributed by atoms with Gasteiger partial charge in [0.05, 0.1) is 18.7 Å². The van der Waals surface area contributed by atoms with Crippen molar-refractivity contribution in [2.24, 2.45) is 0 Å². The predicted molar refractivity (Wildman–Crippen MR) is 40.8 cm³/mol. The van der Waals surface area contributed by atoms with Crippen molar-refractivity contribution in [1.82, 2.24) is 15.5 Å². The van der Waals surface area contributed by atoms with Crippen molar-refractivity contribution >= 4 is 0 Å². The maximum atomic E-state index is 8.58. The van der Waals surface area contributed by atoms with E-state index < -0.39 is 0 Å². The topological polar surface area (TPSA) is 74.7 Å². The molecule has 0 saturated heterocycles. The molecule has 0 saturated carbocycles.